The van der Waals surface area contributed by atoms with Crippen LogP contribution in [0.15, 0.2) is 34.9 Å². The van der Waals surface area contributed by atoms with Crippen molar-refractivity contribution in [3.05, 3.63) is 40.8 Å². The molecular formula is C15H18BrN3O2. The van der Waals surface area contributed by atoms with Crippen LogP contribution < -0.4 is 0 Å². The number of aromatic nitrogens is 2. The molecule has 1 atom stereocenters. The molecule has 0 bridgehead atoms. The van der Waals surface area contributed by atoms with E-state index in [0.29, 0.717) is 13.1 Å². The molecule has 0 aliphatic carbocycles. The van der Waals surface area contributed by atoms with Crippen molar-refractivity contribution >= 4 is 21.9 Å². The SMILES string of the molecule is CC(CN(C)Cc1ncc(-c2ccc(Br)cc2)[nH]1)C(=O)O. The molecule has 0 aliphatic heterocycles. The van der Waals surface area contributed by atoms with E-state index in [0.717, 1.165) is 21.6 Å². The topological polar surface area (TPSA) is 69.2 Å². The van der Waals surface area contributed by atoms with E-state index < -0.39 is 11.9 Å². The largest absolute Gasteiger partial charge is 0.481 e. The first-order valence-electron chi connectivity index (χ1n) is 6.67. The predicted octanol–water partition coefficient (Wildman–Crippen LogP) is 2.99. The van der Waals surface area contributed by atoms with Gasteiger partial charge in [0.1, 0.15) is 5.82 Å². The van der Waals surface area contributed by atoms with Crippen molar-refractivity contribution in [3.8, 4) is 11.3 Å². The summed E-state index contributed by atoms with van der Waals surface area (Å²) in [4.78, 5) is 20.4. The lowest BCUT2D eigenvalue weighted by Gasteiger charge is -2.17. The van der Waals surface area contributed by atoms with E-state index in [1.54, 1.807) is 13.1 Å². The number of nitrogens with zero attached hydrogens (tertiary/aromatic N) is 2. The zero-order chi connectivity index (χ0) is 15.4. The van der Waals surface area contributed by atoms with E-state index >= 15 is 0 Å². The Kier molecular flexibility index (Phi) is 5.14. The van der Waals surface area contributed by atoms with Gasteiger partial charge in [0.05, 0.1) is 24.4 Å². The van der Waals surface area contributed by atoms with E-state index in [9.17, 15) is 4.79 Å². The number of carboxylic acid groups (broad SMARTS) is 1. The van der Waals surface area contributed by atoms with Crippen molar-refractivity contribution in [2.75, 3.05) is 13.6 Å². The average molecular weight is 352 g/mol. The molecule has 0 saturated carbocycles. The number of rotatable bonds is 6. The highest BCUT2D eigenvalue weighted by atomic mass is 79.9. The molecule has 1 aromatic heterocycles. The van der Waals surface area contributed by atoms with Crippen molar-refractivity contribution in [1.82, 2.24) is 14.9 Å². The van der Waals surface area contributed by atoms with E-state index in [1.807, 2.05) is 36.2 Å². The standard InChI is InChI=1S/C15H18BrN3O2/c1-10(15(20)21)8-19(2)9-14-17-7-13(18-14)11-3-5-12(16)6-4-11/h3-7,10H,8-9H2,1-2H3,(H,17,18)(H,20,21). The van der Waals surface area contributed by atoms with Crippen LogP contribution in [0.5, 0.6) is 0 Å². The average Bonchev–Trinajstić information content (AvgIpc) is 2.87. The van der Waals surface area contributed by atoms with Gasteiger partial charge in [0.15, 0.2) is 0 Å². The van der Waals surface area contributed by atoms with Crippen molar-refractivity contribution in [2.45, 2.75) is 13.5 Å². The molecule has 6 heteroatoms. The molecule has 1 heterocycles. The summed E-state index contributed by atoms with van der Waals surface area (Å²) in [5.41, 5.74) is 2.02. The van der Waals surface area contributed by atoms with Crippen LogP contribution in [0.4, 0.5) is 0 Å². The molecule has 0 aliphatic rings. The van der Waals surface area contributed by atoms with Crippen molar-refractivity contribution in [1.29, 1.82) is 0 Å². The third-order valence-corrected chi connectivity index (χ3v) is 3.74. The van der Waals surface area contributed by atoms with Gasteiger partial charge in [0.25, 0.3) is 0 Å². The van der Waals surface area contributed by atoms with Crippen LogP contribution in [-0.2, 0) is 11.3 Å². The number of aliphatic carboxylic acids is 1. The Morgan fingerprint density at radius 1 is 1.43 bits per heavy atom. The maximum absolute atomic E-state index is 10.8. The summed E-state index contributed by atoms with van der Waals surface area (Å²) in [7, 11) is 1.89. The zero-order valence-corrected chi connectivity index (χ0v) is 13.6. The molecule has 1 unspecified atom stereocenters. The lowest BCUT2D eigenvalue weighted by Crippen LogP contribution is -2.28. The fraction of sp³-hybridized carbons (Fsp3) is 0.333. The molecule has 2 N–H and O–H groups in total. The summed E-state index contributed by atoms with van der Waals surface area (Å²) >= 11 is 3.41. The number of carboxylic acids is 1. The summed E-state index contributed by atoms with van der Waals surface area (Å²) in [6.07, 6.45) is 1.80. The van der Waals surface area contributed by atoms with Gasteiger partial charge in [0, 0.05) is 11.0 Å². The normalized spacial score (nSPS) is 12.6. The molecule has 112 valence electrons. The smallest absolute Gasteiger partial charge is 0.307 e. The van der Waals surface area contributed by atoms with Gasteiger partial charge in [-0.3, -0.25) is 9.69 Å². The molecule has 5 nitrogen and oxygen atoms in total. The highest BCUT2D eigenvalue weighted by molar-refractivity contribution is 9.10. The van der Waals surface area contributed by atoms with Crippen LogP contribution in [0.3, 0.4) is 0 Å². The Balaban J connectivity index is 2.00. The summed E-state index contributed by atoms with van der Waals surface area (Å²) in [6, 6.07) is 7.99. The minimum absolute atomic E-state index is 0.393. The molecule has 21 heavy (non-hydrogen) atoms. The summed E-state index contributed by atoms with van der Waals surface area (Å²) in [5.74, 6) is -0.347. The Morgan fingerprint density at radius 3 is 2.71 bits per heavy atom. The third-order valence-electron chi connectivity index (χ3n) is 3.21. The van der Waals surface area contributed by atoms with Gasteiger partial charge in [-0.15, -0.1) is 0 Å². The van der Waals surface area contributed by atoms with Crippen LogP contribution in [0.25, 0.3) is 11.3 Å². The number of nitrogens with one attached hydrogen (secondary N) is 1. The summed E-state index contributed by atoms with van der Waals surface area (Å²) in [5, 5.41) is 8.92. The monoisotopic (exact) mass is 351 g/mol. The zero-order valence-electron chi connectivity index (χ0n) is 12.0. The minimum Gasteiger partial charge on any atom is -0.481 e. The molecule has 0 amide bonds. The maximum atomic E-state index is 10.8. The van der Waals surface area contributed by atoms with Crippen LogP contribution in [0.2, 0.25) is 0 Å². The van der Waals surface area contributed by atoms with E-state index in [2.05, 4.69) is 25.9 Å². The van der Waals surface area contributed by atoms with Crippen LogP contribution in [0, 0.1) is 5.92 Å². The molecule has 2 aromatic rings. The van der Waals surface area contributed by atoms with Crippen molar-refractivity contribution < 1.29 is 9.90 Å². The van der Waals surface area contributed by atoms with E-state index in [1.165, 1.54) is 0 Å². The van der Waals surface area contributed by atoms with Gasteiger partial charge in [-0.05, 0) is 24.7 Å². The molecule has 1 aromatic carbocycles. The van der Waals surface area contributed by atoms with Gasteiger partial charge < -0.3 is 10.1 Å². The highest BCUT2D eigenvalue weighted by Crippen LogP contribution is 2.20. The highest BCUT2D eigenvalue weighted by Gasteiger charge is 2.14. The maximum Gasteiger partial charge on any atom is 0.307 e. The lowest BCUT2D eigenvalue weighted by atomic mass is 10.2. The Morgan fingerprint density at radius 2 is 2.10 bits per heavy atom. The Hall–Kier alpha value is -1.66. The quantitative estimate of drug-likeness (QED) is 0.839. The predicted molar refractivity (Wildman–Crippen MR) is 84.9 cm³/mol. The van der Waals surface area contributed by atoms with Crippen molar-refractivity contribution in [3.63, 3.8) is 0 Å². The van der Waals surface area contributed by atoms with Gasteiger partial charge >= 0.3 is 5.97 Å². The summed E-state index contributed by atoms with van der Waals surface area (Å²) < 4.78 is 1.04. The van der Waals surface area contributed by atoms with Crippen LogP contribution in [0.1, 0.15) is 12.7 Å². The lowest BCUT2D eigenvalue weighted by molar-refractivity contribution is -0.141. The second kappa shape index (κ2) is 6.87. The Labute approximate surface area is 132 Å². The number of H-pyrrole nitrogens is 1. The number of halogens is 1. The number of hydrogen-bond donors (Lipinski definition) is 2. The number of aromatic amines is 1. The third kappa shape index (κ3) is 4.41. The van der Waals surface area contributed by atoms with Gasteiger partial charge in [-0.25, -0.2) is 4.98 Å². The molecule has 0 saturated heterocycles. The van der Waals surface area contributed by atoms with E-state index in [-0.39, 0.29) is 0 Å². The first-order valence-corrected chi connectivity index (χ1v) is 7.46. The molecular weight excluding hydrogens is 334 g/mol. The van der Waals surface area contributed by atoms with Crippen molar-refractivity contribution in [2.24, 2.45) is 5.92 Å². The second-order valence-electron chi connectivity index (χ2n) is 5.19. The minimum atomic E-state index is -0.781. The number of carbonyl (C=O) groups is 1. The number of imidazole rings is 1. The molecule has 0 spiro atoms. The summed E-state index contributed by atoms with van der Waals surface area (Å²) in [6.45, 7) is 2.78. The number of hydrogen-bond acceptors (Lipinski definition) is 3. The second-order valence-corrected chi connectivity index (χ2v) is 6.10. The van der Waals surface area contributed by atoms with Crippen LogP contribution in [-0.4, -0.2) is 39.5 Å². The first kappa shape index (κ1) is 15.7. The van der Waals surface area contributed by atoms with Crippen LogP contribution >= 0.6 is 15.9 Å². The molecule has 2 rings (SSSR count). The van der Waals surface area contributed by atoms with E-state index in [4.69, 9.17) is 5.11 Å². The molecule has 0 radical (unpaired) electrons. The Bertz CT molecular complexity index is 610. The number of benzene rings is 1. The fourth-order valence-electron chi connectivity index (χ4n) is 2.08. The molecule has 0 fully saturated rings. The first-order chi connectivity index (χ1) is 9.95. The van der Waals surface area contributed by atoms with Gasteiger partial charge in [0.2, 0.25) is 0 Å². The van der Waals surface area contributed by atoms with Gasteiger partial charge in [-0.2, -0.15) is 0 Å². The fourth-order valence-corrected chi connectivity index (χ4v) is 2.35. The van der Waals surface area contributed by atoms with Gasteiger partial charge in [-0.1, -0.05) is 35.0 Å².